The number of rotatable bonds is 5. The van der Waals surface area contributed by atoms with Crippen molar-refractivity contribution >= 4 is 29.0 Å². The van der Waals surface area contributed by atoms with Gasteiger partial charge in [-0.1, -0.05) is 12.1 Å². The number of pyridine rings is 1. The van der Waals surface area contributed by atoms with E-state index in [0.29, 0.717) is 5.11 Å². The number of carbonyl (C=O) groups is 1. The zero-order valence-electron chi connectivity index (χ0n) is 17.4. The van der Waals surface area contributed by atoms with Crippen LogP contribution in [0.15, 0.2) is 91.3 Å². The summed E-state index contributed by atoms with van der Waals surface area (Å²) < 4.78 is 1.97. The monoisotopic (exact) mass is 456 g/mol. The number of phenols is 1. The van der Waals surface area contributed by atoms with E-state index in [4.69, 9.17) is 12.2 Å². The number of carboxylic acids is 1. The highest BCUT2D eigenvalue weighted by Crippen LogP contribution is 2.42. The number of aromatic hydroxyl groups is 1. The molecule has 33 heavy (non-hydrogen) atoms. The van der Waals surface area contributed by atoms with Crippen LogP contribution in [-0.4, -0.2) is 30.8 Å². The number of hydrogen-bond acceptors (Lipinski definition) is 4. The maximum Gasteiger partial charge on any atom is 0.335 e. The molecule has 8 heteroatoms. The number of aromatic carboxylic acids is 1. The highest BCUT2D eigenvalue weighted by Gasteiger charge is 2.42. The molecule has 0 spiro atoms. The predicted octanol–water partition coefficient (Wildman–Crippen LogP) is 4.45. The van der Waals surface area contributed by atoms with Gasteiger partial charge in [0.1, 0.15) is 11.8 Å². The summed E-state index contributed by atoms with van der Waals surface area (Å²) in [6, 6.07) is 22.8. The molecule has 1 saturated heterocycles. The quantitative estimate of drug-likeness (QED) is 0.382. The summed E-state index contributed by atoms with van der Waals surface area (Å²) in [5.74, 6) is -0.810. The third-order valence-corrected chi connectivity index (χ3v) is 6.00. The molecule has 2 unspecified atom stereocenters. The summed E-state index contributed by atoms with van der Waals surface area (Å²) in [5.41, 5.74) is 3.51. The number of carboxylic acid groups (broad SMARTS) is 1. The lowest BCUT2D eigenvalue weighted by Gasteiger charge is -2.29. The predicted molar refractivity (Wildman–Crippen MR) is 129 cm³/mol. The van der Waals surface area contributed by atoms with E-state index in [2.05, 4.69) is 10.3 Å². The molecule has 2 atom stereocenters. The summed E-state index contributed by atoms with van der Waals surface area (Å²) in [7, 11) is 0. The molecule has 3 heterocycles. The number of nitrogens with one attached hydrogen (secondary N) is 1. The second kappa shape index (κ2) is 8.40. The van der Waals surface area contributed by atoms with Gasteiger partial charge in [0.15, 0.2) is 5.11 Å². The molecule has 5 rings (SSSR count). The average molecular weight is 457 g/mol. The fraction of sp³-hybridized carbons (Fsp3) is 0.0800. The Morgan fingerprint density at radius 2 is 1.79 bits per heavy atom. The van der Waals surface area contributed by atoms with Gasteiger partial charge in [0.25, 0.3) is 0 Å². The third-order valence-electron chi connectivity index (χ3n) is 5.68. The van der Waals surface area contributed by atoms with E-state index in [9.17, 15) is 15.0 Å². The second-order valence-electron chi connectivity index (χ2n) is 7.67. The molecule has 1 fully saturated rings. The Morgan fingerprint density at radius 3 is 2.52 bits per heavy atom. The molecule has 1 aliphatic heterocycles. The largest absolute Gasteiger partial charge is 0.508 e. The molecule has 0 radical (unpaired) electrons. The number of nitrogens with zero attached hydrogens (tertiary/aromatic N) is 3. The highest BCUT2D eigenvalue weighted by atomic mass is 32.1. The van der Waals surface area contributed by atoms with Crippen molar-refractivity contribution in [1.29, 1.82) is 0 Å². The number of aromatic nitrogens is 2. The van der Waals surface area contributed by atoms with Crippen LogP contribution in [0.1, 0.15) is 33.8 Å². The van der Waals surface area contributed by atoms with Gasteiger partial charge in [-0.25, -0.2) is 4.79 Å². The summed E-state index contributed by atoms with van der Waals surface area (Å²) in [6.45, 7) is 0. The van der Waals surface area contributed by atoms with E-state index in [-0.39, 0.29) is 23.4 Å². The number of anilines is 1. The van der Waals surface area contributed by atoms with Gasteiger partial charge in [0, 0.05) is 29.5 Å². The standard InChI is InChI=1S/C25H20N4O3S/c30-19-11-9-17(10-12-19)29-23(22(27-25(29)33)20-7-1-2-13-26-20)21-8-4-14-28(21)18-6-3-5-16(15-18)24(31)32/h1-15,22-23,30H,(H,27,33)(H,31,32). The molecule has 0 aliphatic carbocycles. The number of thiocarbonyl (C=S) groups is 1. The van der Waals surface area contributed by atoms with E-state index >= 15 is 0 Å². The van der Waals surface area contributed by atoms with Crippen LogP contribution in [0.25, 0.3) is 5.69 Å². The molecule has 0 bridgehead atoms. The van der Waals surface area contributed by atoms with Gasteiger partial charge in [-0.3, -0.25) is 4.98 Å². The molecular weight excluding hydrogens is 436 g/mol. The first kappa shape index (κ1) is 20.7. The van der Waals surface area contributed by atoms with Gasteiger partial charge in [-0.2, -0.15) is 0 Å². The summed E-state index contributed by atoms with van der Waals surface area (Å²) in [5, 5.41) is 23.2. The van der Waals surface area contributed by atoms with E-state index in [1.54, 1.807) is 36.5 Å². The minimum Gasteiger partial charge on any atom is -0.508 e. The fourth-order valence-electron chi connectivity index (χ4n) is 4.21. The zero-order valence-corrected chi connectivity index (χ0v) is 18.2. The van der Waals surface area contributed by atoms with Crippen molar-refractivity contribution in [1.82, 2.24) is 14.9 Å². The van der Waals surface area contributed by atoms with Crippen LogP contribution in [0.5, 0.6) is 5.75 Å². The van der Waals surface area contributed by atoms with Gasteiger partial charge < -0.3 is 25.0 Å². The summed E-state index contributed by atoms with van der Waals surface area (Å²) >= 11 is 5.74. The van der Waals surface area contributed by atoms with Crippen LogP contribution in [-0.2, 0) is 0 Å². The number of benzene rings is 2. The van der Waals surface area contributed by atoms with Crippen molar-refractivity contribution in [2.75, 3.05) is 4.90 Å². The first-order valence-corrected chi connectivity index (χ1v) is 10.7. The Balaban J connectivity index is 1.66. The van der Waals surface area contributed by atoms with Crippen molar-refractivity contribution < 1.29 is 15.0 Å². The number of hydrogen-bond donors (Lipinski definition) is 3. The van der Waals surface area contributed by atoms with E-state index in [0.717, 1.165) is 22.8 Å². The SMILES string of the molecule is O=C(O)c1cccc(-n2cccc2C2C(c3ccccn3)NC(=S)N2c2ccc(O)cc2)c1. The van der Waals surface area contributed by atoms with Gasteiger partial charge >= 0.3 is 5.97 Å². The first-order chi connectivity index (χ1) is 16.0. The Bertz CT molecular complexity index is 1320. The molecule has 164 valence electrons. The Labute approximate surface area is 195 Å². The second-order valence-corrected chi connectivity index (χ2v) is 8.06. The van der Waals surface area contributed by atoms with Gasteiger partial charge in [0.2, 0.25) is 0 Å². The van der Waals surface area contributed by atoms with Crippen molar-refractivity contribution in [2.24, 2.45) is 0 Å². The van der Waals surface area contributed by atoms with E-state index < -0.39 is 5.97 Å². The Hall–Kier alpha value is -4.17. The number of phenolic OH excluding ortho intramolecular Hbond substituents is 1. The van der Waals surface area contributed by atoms with Crippen LogP contribution >= 0.6 is 12.2 Å². The Kier molecular flexibility index (Phi) is 5.27. The van der Waals surface area contributed by atoms with E-state index in [1.807, 2.05) is 64.2 Å². The minimum atomic E-state index is -0.980. The fourth-order valence-corrected chi connectivity index (χ4v) is 4.55. The molecule has 2 aromatic heterocycles. The summed E-state index contributed by atoms with van der Waals surface area (Å²) in [6.07, 6.45) is 3.65. The molecular formula is C25H20N4O3S. The maximum atomic E-state index is 11.5. The van der Waals surface area contributed by atoms with Gasteiger partial charge in [-0.15, -0.1) is 0 Å². The van der Waals surface area contributed by atoms with Gasteiger partial charge in [-0.05, 0) is 78.9 Å². The van der Waals surface area contributed by atoms with Crippen LogP contribution in [0.3, 0.4) is 0 Å². The third kappa shape index (κ3) is 3.81. The lowest BCUT2D eigenvalue weighted by molar-refractivity contribution is 0.0697. The summed E-state index contributed by atoms with van der Waals surface area (Å²) in [4.78, 5) is 18.1. The van der Waals surface area contributed by atoms with Crippen LogP contribution in [0, 0.1) is 0 Å². The molecule has 0 amide bonds. The van der Waals surface area contributed by atoms with Crippen LogP contribution < -0.4 is 10.2 Å². The lowest BCUT2D eigenvalue weighted by atomic mass is 10.0. The molecule has 4 aromatic rings. The van der Waals surface area contributed by atoms with Gasteiger partial charge in [0.05, 0.1) is 17.3 Å². The molecule has 3 N–H and O–H groups in total. The van der Waals surface area contributed by atoms with E-state index in [1.165, 1.54) is 0 Å². The van der Waals surface area contributed by atoms with Crippen molar-refractivity contribution in [3.05, 3.63) is 108 Å². The highest BCUT2D eigenvalue weighted by molar-refractivity contribution is 7.80. The first-order valence-electron chi connectivity index (χ1n) is 10.3. The minimum absolute atomic E-state index is 0.170. The maximum absolute atomic E-state index is 11.5. The average Bonchev–Trinajstić information content (AvgIpc) is 3.44. The lowest BCUT2D eigenvalue weighted by Crippen LogP contribution is -2.30. The topological polar surface area (TPSA) is 90.6 Å². The van der Waals surface area contributed by atoms with Crippen molar-refractivity contribution in [3.63, 3.8) is 0 Å². The van der Waals surface area contributed by atoms with Crippen molar-refractivity contribution in [2.45, 2.75) is 12.1 Å². The zero-order chi connectivity index (χ0) is 22.9. The smallest absolute Gasteiger partial charge is 0.335 e. The molecule has 2 aromatic carbocycles. The Morgan fingerprint density at radius 1 is 0.970 bits per heavy atom. The normalized spacial score (nSPS) is 17.7. The molecule has 1 aliphatic rings. The molecule has 7 nitrogen and oxygen atoms in total. The van der Waals surface area contributed by atoms with Crippen LogP contribution in [0.4, 0.5) is 5.69 Å². The van der Waals surface area contributed by atoms with Crippen LogP contribution in [0.2, 0.25) is 0 Å². The van der Waals surface area contributed by atoms with Crippen molar-refractivity contribution in [3.8, 4) is 11.4 Å². The molecule has 0 saturated carbocycles.